The van der Waals surface area contributed by atoms with Crippen LogP contribution in [-0.4, -0.2) is 19.3 Å². The third kappa shape index (κ3) is 4.14. The molecule has 1 fully saturated rings. The van der Waals surface area contributed by atoms with E-state index in [9.17, 15) is 0 Å². The lowest BCUT2D eigenvalue weighted by Gasteiger charge is -2.11. The van der Waals surface area contributed by atoms with Crippen LogP contribution >= 0.6 is 0 Å². The Bertz CT molecular complexity index is 325. The van der Waals surface area contributed by atoms with Gasteiger partial charge in [0.05, 0.1) is 6.61 Å². The lowest BCUT2D eigenvalue weighted by atomic mass is 10.0. The Morgan fingerprint density at radius 3 is 2.53 bits per heavy atom. The van der Waals surface area contributed by atoms with Gasteiger partial charge in [0.1, 0.15) is 0 Å². The standard InChI is InChI=1S/C15H23NO/c1-12(2)9-13-3-5-14(6-4-13)10-16-15-7-8-17-11-15/h3-6,12,15-16H,7-11H2,1-2H3. The highest BCUT2D eigenvalue weighted by atomic mass is 16.5. The summed E-state index contributed by atoms with van der Waals surface area (Å²) in [6, 6.07) is 9.52. The molecular formula is C15H23NO. The van der Waals surface area contributed by atoms with E-state index in [1.54, 1.807) is 0 Å². The zero-order chi connectivity index (χ0) is 12.1. The van der Waals surface area contributed by atoms with Gasteiger partial charge in [0.2, 0.25) is 0 Å². The van der Waals surface area contributed by atoms with Crippen LogP contribution < -0.4 is 5.32 Å². The predicted octanol–water partition coefficient (Wildman–Crippen LogP) is 2.76. The van der Waals surface area contributed by atoms with Gasteiger partial charge >= 0.3 is 0 Å². The Morgan fingerprint density at radius 1 is 1.24 bits per heavy atom. The molecule has 2 heteroatoms. The Balaban J connectivity index is 1.80. The first-order chi connectivity index (χ1) is 8.24. The highest BCUT2D eigenvalue weighted by Crippen LogP contribution is 2.10. The molecule has 1 unspecified atom stereocenters. The van der Waals surface area contributed by atoms with Gasteiger partial charge in [-0.15, -0.1) is 0 Å². The maximum atomic E-state index is 5.35. The molecule has 0 bridgehead atoms. The fourth-order valence-electron chi connectivity index (χ4n) is 2.22. The number of rotatable bonds is 5. The molecule has 2 nitrogen and oxygen atoms in total. The van der Waals surface area contributed by atoms with Crippen molar-refractivity contribution in [3.05, 3.63) is 35.4 Å². The van der Waals surface area contributed by atoms with E-state index in [1.807, 2.05) is 0 Å². The Labute approximate surface area is 104 Å². The summed E-state index contributed by atoms with van der Waals surface area (Å²) < 4.78 is 5.35. The minimum absolute atomic E-state index is 0.547. The summed E-state index contributed by atoms with van der Waals surface area (Å²) in [7, 11) is 0. The number of hydrogen-bond acceptors (Lipinski definition) is 2. The van der Waals surface area contributed by atoms with Gasteiger partial charge in [0.15, 0.2) is 0 Å². The van der Waals surface area contributed by atoms with Crippen molar-refractivity contribution in [3.8, 4) is 0 Å². The van der Waals surface area contributed by atoms with Crippen molar-refractivity contribution < 1.29 is 4.74 Å². The molecule has 0 aliphatic carbocycles. The van der Waals surface area contributed by atoms with Crippen molar-refractivity contribution in [1.29, 1.82) is 0 Å². The van der Waals surface area contributed by atoms with Crippen LogP contribution in [0.3, 0.4) is 0 Å². The van der Waals surface area contributed by atoms with E-state index < -0.39 is 0 Å². The second kappa shape index (κ2) is 6.18. The van der Waals surface area contributed by atoms with Crippen molar-refractivity contribution in [1.82, 2.24) is 5.32 Å². The average Bonchev–Trinajstić information content (AvgIpc) is 2.80. The van der Waals surface area contributed by atoms with E-state index in [-0.39, 0.29) is 0 Å². The van der Waals surface area contributed by atoms with E-state index in [4.69, 9.17) is 4.74 Å². The van der Waals surface area contributed by atoms with Crippen LogP contribution in [0.15, 0.2) is 24.3 Å². The van der Waals surface area contributed by atoms with Crippen LogP contribution in [0.2, 0.25) is 0 Å². The number of nitrogens with one attached hydrogen (secondary N) is 1. The Morgan fingerprint density at radius 2 is 1.94 bits per heavy atom. The van der Waals surface area contributed by atoms with Crippen molar-refractivity contribution in [2.45, 2.75) is 39.3 Å². The molecule has 0 spiro atoms. The summed E-state index contributed by atoms with van der Waals surface area (Å²) >= 11 is 0. The highest BCUT2D eigenvalue weighted by molar-refractivity contribution is 5.22. The highest BCUT2D eigenvalue weighted by Gasteiger charge is 2.14. The summed E-state index contributed by atoms with van der Waals surface area (Å²) in [5.41, 5.74) is 2.80. The van der Waals surface area contributed by atoms with E-state index >= 15 is 0 Å². The molecule has 17 heavy (non-hydrogen) atoms. The summed E-state index contributed by atoms with van der Waals surface area (Å²) in [6.07, 6.45) is 2.32. The minimum Gasteiger partial charge on any atom is -0.380 e. The van der Waals surface area contributed by atoms with Gasteiger partial charge < -0.3 is 10.1 Å². The van der Waals surface area contributed by atoms with Gasteiger partial charge in [0, 0.05) is 19.2 Å². The first kappa shape index (κ1) is 12.6. The smallest absolute Gasteiger partial charge is 0.0620 e. The van der Waals surface area contributed by atoms with E-state index in [0.29, 0.717) is 6.04 Å². The molecule has 0 radical (unpaired) electrons. The second-order valence-corrected chi connectivity index (χ2v) is 5.36. The second-order valence-electron chi connectivity index (χ2n) is 5.36. The zero-order valence-corrected chi connectivity index (χ0v) is 10.9. The molecule has 0 saturated carbocycles. The van der Waals surface area contributed by atoms with Crippen molar-refractivity contribution in [2.24, 2.45) is 5.92 Å². The lowest BCUT2D eigenvalue weighted by Crippen LogP contribution is -2.28. The molecule has 0 amide bonds. The van der Waals surface area contributed by atoms with Gasteiger partial charge in [-0.05, 0) is 29.9 Å². The fraction of sp³-hybridized carbons (Fsp3) is 0.600. The van der Waals surface area contributed by atoms with E-state index in [2.05, 4.69) is 43.4 Å². The van der Waals surface area contributed by atoms with E-state index in [1.165, 1.54) is 17.5 Å². The Hall–Kier alpha value is -0.860. The SMILES string of the molecule is CC(C)Cc1ccc(CNC2CCOC2)cc1. The van der Waals surface area contributed by atoms with Gasteiger partial charge in [-0.3, -0.25) is 0 Å². The van der Waals surface area contributed by atoms with Crippen LogP contribution in [0.25, 0.3) is 0 Å². The third-order valence-corrected chi connectivity index (χ3v) is 3.19. The van der Waals surface area contributed by atoms with Crippen LogP contribution in [0, 0.1) is 5.92 Å². The van der Waals surface area contributed by atoms with Gasteiger partial charge in [-0.25, -0.2) is 0 Å². The average molecular weight is 233 g/mol. The predicted molar refractivity (Wildman–Crippen MR) is 71.0 cm³/mol. The summed E-state index contributed by atoms with van der Waals surface area (Å²) in [4.78, 5) is 0. The molecule has 1 aliphatic heterocycles. The normalized spacial score (nSPS) is 20.1. The summed E-state index contributed by atoms with van der Waals surface area (Å²) in [5, 5.41) is 3.53. The molecule has 1 aliphatic rings. The number of ether oxygens (including phenoxy) is 1. The van der Waals surface area contributed by atoms with Gasteiger partial charge in [-0.1, -0.05) is 38.1 Å². The molecule has 0 aromatic heterocycles. The fourth-order valence-corrected chi connectivity index (χ4v) is 2.22. The monoisotopic (exact) mass is 233 g/mol. The summed E-state index contributed by atoms with van der Waals surface area (Å²) in [6.45, 7) is 7.25. The van der Waals surface area contributed by atoms with Gasteiger partial charge in [0.25, 0.3) is 0 Å². The largest absolute Gasteiger partial charge is 0.380 e. The molecule has 1 aromatic carbocycles. The molecule has 1 saturated heterocycles. The molecule has 1 heterocycles. The topological polar surface area (TPSA) is 21.3 Å². The van der Waals surface area contributed by atoms with Crippen LogP contribution in [0.5, 0.6) is 0 Å². The quantitative estimate of drug-likeness (QED) is 0.844. The molecule has 1 atom stereocenters. The molecule has 1 aromatic rings. The molecule has 1 N–H and O–H groups in total. The van der Waals surface area contributed by atoms with E-state index in [0.717, 1.165) is 32.1 Å². The molecular weight excluding hydrogens is 210 g/mol. The maximum Gasteiger partial charge on any atom is 0.0620 e. The van der Waals surface area contributed by atoms with Crippen LogP contribution in [0.4, 0.5) is 0 Å². The summed E-state index contributed by atoms with van der Waals surface area (Å²) in [5.74, 6) is 0.731. The first-order valence-electron chi connectivity index (χ1n) is 6.63. The zero-order valence-electron chi connectivity index (χ0n) is 10.9. The number of benzene rings is 1. The lowest BCUT2D eigenvalue weighted by molar-refractivity contribution is 0.190. The van der Waals surface area contributed by atoms with Crippen LogP contribution in [0.1, 0.15) is 31.4 Å². The Kier molecular flexibility index (Phi) is 4.57. The van der Waals surface area contributed by atoms with Crippen molar-refractivity contribution in [3.63, 3.8) is 0 Å². The minimum atomic E-state index is 0.547. The van der Waals surface area contributed by atoms with Crippen molar-refractivity contribution >= 4 is 0 Å². The van der Waals surface area contributed by atoms with Crippen LogP contribution in [-0.2, 0) is 17.7 Å². The molecule has 2 rings (SSSR count). The maximum absolute atomic E-state index is 5.35. The molecule has 94 valence electrons. The number of hydrogen-bond donors (Lipinski definition) is 1. The third-order valence-electron chi connectivity index (χ3n) is 3.19. The first-order valence-corrected chi connectivity index (χ1v) is 6.63. The van der Waals surface area contributed by atoms with Crippen molar-refractivity contribution in [2.75, 3.05) is 13.2 Å². The van der Waals surface area contributed by atoms with Gasteiger partial charge in [-0.2, -0.15) is 0 Å².